The van der Waals surface area contributed by atoms with Crippen molar-refractivity contribution >= 4 is 22.8 Å². The van der Waals surface area contributed by atoms with Gasteiger partial charge in [-0.2, -0.15) is 0 Å². The fourth-order valence-corrected chi connectivity index (χ4v) is 3.02. The van der Waals surface area contributed by atoms with Crippen LogP contribution in [0.4, 0.5) is 4.39 Å². The van der Waals surface area contributed by atoms with E-state index in [1.807, 2.05) is 38.1 Å². The normalized spacial score (nSPS) is 10.7. The van der Waals surface area contributed by atoms with E-state index in [1.165, 1.54) is 12.1 Å². The summed E-state index contributed by atoms with van der Waals surface area (Å²) in [5, 5.41) is 3.35. The molecule has 0 radical (unpaired) electrons. The van der Waals surface area contributed by atoms with E-state index in [2.05, 4.69) is 10.3 Å². The van der Waals surface area contributed by atoms with Crippen molar-refractivity contribution in [3.8, 4) is 0 Å². The maximum atomic E-state index is 12.9. The molecule has 6 heteroatoms. The highest BCUT2D eigenvalue weighted by atomic mass is 19.1. The summed E-state index contributed by atoms with van der Waals surface area (Å²) in [6.45, 7) is 3.65. The first-order valence-corrected chi connectivity index (χ1v) is 9.06. The number of rotatable bonds is 6. The average Bonchev–Trinajstić information content (AvgIpc) is 2.71. The minimum atomic E-state index is -0.553. The number of halogens is 1. The Hall–Kier alpha value is -3.28. The lowest BCUT2D eigenvalue weighted by atomic mass is 10.0. The molecular formula is C22H21FN2O3. The number of benzene rings is 2. The van der Waals surface area contributed by atoms with Crippen LogP contribution >= 0.6 is 0 Å². The molecule has 0 saturated heterocycles. The van der Waals surface area contributed by atoms with E-state index < -0.39 is 18.5 Å². The van der Waals surface area contributed by atoms with Crippen molar-refractivity contribution in [3.05, 3.63) is 76.7 Å². The second-order valence-electron chi connectivity index (χ2n) is 6.41. The Morgan fingerprint density at radius 2 is 1.82 bits per heavy atom. The third-order valence-corrected chi connectivity index (χ3v) is 4.51. The van der Waals surface area contributed by atoms with E-state index in [4.69, 9.17) is 4.74 Å². The molecule has 1 aromatic heterocycles. The van der Waals surface area contributed by atoms with E-state index in [1.54, 1.807) is 12.1 Å². The molecule has 144 valence electrons. The van der Waals surface area contributed by atoms with Gasteiger partial charge in [-0.1, -0.05) is 37.3 Å². The van der Waals surface area contributed by atoms with Gasteiger partial charge in [0, 0.05) is 17.6 Å². The highest BCUT2D eigenvalue weighted by molar-refractivity contribution is 6.05. The number of pyridine rings is 1. The van der Waals surface area contributed by atoms with Crippen LogP contribution in [0.5, 0.6) is 0 Å². The van der Waals surface area contributed by atoms with Crippen LogP contribution in [0.3, 0.4) is 0 Å². The maximum Gasteiger partial charge on any atom is 0.339 e. The number of nitrogens with zero attached hydrogens (tertiary/aromatic N) is 1. The summed E-state index contributed by atoms with van der Waals surface area (Å²) in [4.78, 5) is 29.3. The Morgan fingerprint density at radius 3 is 2.54 bits per heavy atom. The number of carbonyl (C=O) groups is 2. The van der Waals surface area contributed by atoms with E-state index >= 15 is 0 Å². The van der Waals surface area contributed by atoms with Crippen LogP contribution in [0.1, 0.15) is 34.1 Å². The lowest BCUT2D eigenvalue weighted by Crippen LogP contribution is -2.28. The van der Waals surface area contributed by atoms with Crippen molar-refractivity contribution in [1.29, 1.82) is 0 Å². The highest BCUT2D eigenvalue weighted by Crippen LogP contribution is 2.24. The maximum absolute atomic E-state index is 12.9. The summed E-state index contributed by atoms with van der Waals surface area (Å²) >= 11 is 0. The molecule has 2 aromatic carbocycles. The van der Waals surface area contributed by atoms with Gasteiger partial charge in [0.05, 0.1) is 11.1 Å². The molecule has 0 saturated carbocycles. The Balaban J connectivity index is 1.68. The van der Waals surface area contributed by atoms with Crippen molar-refractivity contribution < 1.29 is 18.7 Å². The lowest BCUT2D eigenvalue weighted by molar-refractivity contribution is -0.124. The third-order valence-electron chi connectivity index (χ3n) is 4.51. The molecule has 1 N–H and O–H groups in total. The number of nitrogens with one attached hydrogen (secondary N) is 1. The first-order valence-electron chi connectivity index (χ1n) is 9.06. The van der Waals surface area contributed by atoms with Crippen molar-refractivity contribution in [2.75, 3.05) is 6.61 Å². The van der Waals surface area contributed by atoms with Gasteiger partial charge in [-0.25, -0.2) is 9.18 Å². The molecule has 28 heavy (non-hydrogen) atoms. The molecule has 1 amide bonds. The molecule has 0 aliphatic rings. The van der Waals surface area contributed by atoms with Crippen LogP contribution in [-0.2, 0) is 22.5 Å². The number of ether oxygens (including phenoxy) is 1. The number of hydrogen-bond acceptors (Lipinski definition) is 4. The van der Waals surface area contributed by atoms with Crippen LogP contribution < -0.4 is 5.32 Å². The summed E-state index contributed by atoms with van der Waals surface area (Å²) in [5.74, 6) is -1.32. The van der Waals surface area contributed by atoms with E-state index in [0.29, 0.717) is 17.4 Å². The van der Waals surface area contributed by atoms with Gasteiger partial charge in [0.25, 0.3) is 5.91 Å². The number of carbonyl (C=O) groups excluding carboxylic acids is 2. The Bertz CT molecular complexity index is 1020. The van der Waals surface area contributed by atoms with Crippen LogP contribution in [0, 0.1) is 12.7 Å². The van der Waals surface area contributed by atoms with Gasteiger partial charge in [0.1, 0.15) is 5.82 Å². The molecule has 5 nitrogen and oxygen atoms in total. The first kappa shape index (κ1) is 19.5. The zero-order chi connectivity index (χ0) is 20.1. The minimum absolute atomic E-state index is 0.230. The number of esters is 1. The van der Waals surface area contributed by atoms with Gasteiger partial charge in [0.2, 0.25) is 0 Å². The number of amides is 1. The zero-order valence-corrected chi connectivity index (χ0v) is 15.8. The number of fused-ring (bicyclic) bond motifs is 1. The van der Waals surface area contributed by atoms with Gasteiger partial charge >= 0.3 is 5.97 Å². The topological polar surface area (TPSA) is 68.3 Å². The molecule has 0 aliphatic carbocycles. The Labute approximate surface area is 162 Å². The number of aromatic nitrogens is 1. The fraction of sp³-hybridized carbons (Fsp3) is 0.227. The Morgan fingerprint density at radius 1 is 1.11 bits per heavy atom. The smallest absolute Gasteiger partial charge is 0.339 e. The lowest BCUT2D eigenvalue weighted by Gasteiger charge is -2.13. The fourth-order valence-electron chi connectivity index (χ4n) is 3.02. The predicted octanol–water partition coefficient (Wildman–Crippen LogP) is 3.72. The van der Waals surface area contributed by atoms with Gasteiger partial charge in [-0.15, -0.1) is 0 Å². The molecule has 3 aromatic rings. The van der Waals surface area contributed by atoms with Crippen LogP contribution in [0.25, 0.3) is 10.9 Å². The summed E-state index contributed by atoms with van der Waals surface area (Å²) < 4.78 is 18.2. The van der Waals surface area contributed by atoms with Crippen molar-refractivity contribution in [3.63, 3.8) is 0 Å². The zero-order valence-electron chi connectivity index (χ0n) is 15.8. The third kappa shape index (κ3) is 4.34. The standard InChI is InChI=1S/C22H21FN2O3/c1-3-18-14(2)21(17-6-4-5-7-19(17)25-18)22(27)28-13-20(26)24-12-15-8-10-16(23)11-9-15/h4-11H,3,12-13H2,1-2H3,(H,24,26). The van der Waals surface area contributed by atoms with Gasteiger partial charge < -0.3 is 10.1 Å². The van der Waals surface area contributed by atoms with Gasteiger partial charge in [-0.05, 0) is 42.7 Å². The van der Waals surface area contributed by atoms with Crippen molar-refractivity contribution in [1.82, 2.24) is 10.3 Å². The van der Waals surface area contributed by atoms with Crippen LogP contribution in [0.2, 0.25) is 0 Å². The molecule has 0 atom stereocenters. The number of para-hydroxylation sites is 1. The SMILES string of the molecule is CCc1nc2ccccc2c(C(=O)OCC(=O)NCc2ccc(F)cc2)c1C. The second-order valence-corrected chi connectivity index (χ2v) is 6.41. The second kappa shape index (κ2) is 8.61. The molecule has 0 bridgehead atoms. The van der Waals surface area contributed by atoms with Crippen molar-refractivity contribution in [2.45, 2.75) is 26.8 Å². The predicted molar refractivity (Wildman–Crippen MR) is 104 cm³/mol. The summed E-state index contributed by atoms with van der Waals surface area (Å²) in [6, 6.07) is 13.2. The molecule has 3 rings (SSSR count). The largest absolute Gasteiger partial charge is 0.452 e. The summed E-state index contributed by atoms with van der Waals surface area (Å²) in [6.07, 6.45) is 0.690. The van der Waals surface area contributed by atoms with E-state index in [-0.39, 0.29) is 12.4 Å². The molecule has 0 spiro atoms. The number of aryl methyl sites for hydroxylation is 1. The van der Waals surface area contributed by atoms with Crippen LogP contribution in [-0.4, -0.2) is 23.5 Å². The highest BCUT2D eigenvalue weighted by Gasteiger charge is 2.19. The monoisotopic (exact) mass is 380 g/mol. The molecule has 1 heterocycles. The summed E-state index contributed by atoms with van der Waals surface area (Å²) in [5.41, 5.74) is 3.50. The first-order chi connectivity index (χ1) is 13.5. The molecule has 0 aliphatic heterocycles. The number of hydrogen-bond donors (Lipinski definition) is 1. The Kier molecular flexibility index (Phi) is 5.99. The van der Waals surface area contributed by atoms with Crippen molar-refractivity contribution in [2.24, 2.45) is 0 Å². The molecule has 0 fully saturated rings. The quantitative estimate of drug-likeness (QED) is 0.662. The molecular weight excluding hydrogens is 359 g/mol. The molecule has 0 unspecified atom stereocenters. The van der Waals surface area contributed by atoms with Gasteiger partial charge in [-0.3, -0.25) is 9.78 Å². The van der Waals surface area contributed by atoms with E-state index in [9.17, 15) is 14.0 Å². The van der Waals surface area contributed by atoms with E-state index in [0.717, 1.165) is 22.3 Å². The van der Waals surface area contributed by atoms with Gasteiger partial charge in [0.15, 0.2) is 6.61 Å². The minimum Gasteiger partial charge on any atom is -0.452 e. The van der Waals surface area contributed by atoms with Crippen LogP contribution in [0.15, 0.2) is 48.5 Å². The average molecular weight is 380 g/mol. The summed E-state index contributed by atoms with van der Waals surface area (Å²) in [7, 11) is 0.